The molecule has 2 aliphatic rings. The molecule has 1 aromatic rings. The lowest BCUT2D eigenvalue weighted by Crippen LogP contribution is -2.49. The molecule has 0 unspecified atom stereocenters. The van der Waals surface area contributed by atoms with Gasteiger partial charge in [-0.05, 0) is 64.3 Å². The van der Waals surface area contributed by atoms with Crippen molar-refractivity contribution < 1.29 is 14.5 Å². The first-order valence-electron chi connectivity index (χ1n) is 8.07. The number of aromatic carboxylic acids is 1. The van der Waals surface area contributed by atoms with Gasteiger partial charge in [-0.15, -0.1) is 4.72 Å². The Kier molecular flexibility index (Phi) is 4.25. The van der Waals surface area contributed by atoms with Crippen LogP contribution in [0.4, 0.5) is 0 Å². The standard InChI is InChI=1S/C16H25N3O3S/c1-15(2,3)23(22)19-13-11-9-18-12(14(20)21)10(11)8-16(13)4-6-17-7-5-16/h9,13,17-19H,4-8H2,1-3H3,(H,20,21)/t13-,23-/m1/s1. The van der Waals surface area contributed by atoms with E-state index in [0.717, 1.165) is 43.5 Å². The second kappa shape index (κ2) is 5.81. The van der Waals surface area contributed by atoms with Crippen LogP contribution >= 0.6 is 0 Å². The van der Waals surface area contributed by atoms with Crippen molar-refractivity contribution in [3.8, 4) is 0 Å². The molecule has 23 heavy (non-hydrogen) atoms. The van der Waals surface area contributed by atoms with Crippen LogP contribution in [0.15, 0.2) is 6.20 Å². The van der Waals surface area contributed by atoms with Gasteiger partial charge in [0.1, 0.15) is 10.4 Å². The summed E-state index contributed by atoms with van der Waals surface area (Å²) in [5, 5.41) is 12.8. The van der Waals surface area contributed by atoms with Crippen LogP contribution in [0.1, 0.15) is 61.3 Å². The van der Waals surface area contributed by atoms with Crippen LogP contribution in [0.25, 0.3) is 0 Å². The van der Waals surface area contributed by atoms with E-state index in [-0.39, 0.29) is 21.9 Å². The number of carbonyl (C=O) groups is 1. The van der Waals surface area contributed by atoms with E-state index in [9.17, 15) is 14.5 Å². The molecule has 0 bridgehead atoms. The van der Waals surface area contributed by atoms with Crippen LogP contribution in [0.3, 0.4) is 0 Å². The van der Waals surface area contributed by atoms with Gasteiger partial charge in [0.05, 0.1) is 6.04 Å². The van der Waals surface area contributed by atoms with Gasteiger partial charge < -0.3 is 20.0 Å². The summed E-state index contributed by atoms with van der Waals surface area (Å²) >= 11 is -1.20. The minimum absolute atomic E-state index is 0.0455. The Bertz CT molecular complexity index is 602. The van der Waals surface area contributed by atoms with Gasteiger partial charge in [-0.1, -0.05) is 0 Å². The van der Waals surface area contributed by atoms with Crippen LogP contribution in [0.2, 0.25) is 0 Å². The summed E-state index contributed by atoms with van der Waals surface area (Å²) in [6, 6.07) is -0.0657. The van der Waals surface area contributed by atoms with Gasteiger partial charge in [0.15, 0.2) is 0 Å². The highest BCUT2D eigenvalue weighted by Crippen LogP contribution is 2.52. The Labute approximate surface area is 139 Å². The van der Waals surface area contributed by atoms with Gasteiger partial charge >= 0.3 is 5.97 Å². The molecule has 1 aliphatic carbocycles. The van der Waals surface area contributed by atoms with E-state index in [0.29, 0.717) is 0 Å². The van der Waals surface area contributed by atoms with Gasteiger partial charge in [-0.3, -0.25) is 0 Å². The maximum Gasteiger partial charge on any atom is 0.352 e. The number of hydrogen-bond acceptors (Lipinski definition) is 4. The third-order valence-electron chi connectivity index (χ3n) is 5.07. The number of aromatic amines is 1. The minimum atomic E-state index is -1.20. The molecule has 0 amide bonds. The average molecular weight is 339 g/mol. The van der Waals surface area contributed by atoms with Crippen molar-refractivity contribution in [2.45, 2.75) is 50.8 Å². The number of hydrogen-bond donors (Lipinski definition) is 4. The first-order valence-corrected chi connectivity index (χ1v) is 9.22. The van der Waals surface area contributed by atoms with E-state index in [4.69, 9.17) is 0 Å². The normalized spacial score (nSPS) is 24.6. The van der Waals surface area contributed by atoms with Crippen molar-refractivity contribution in [3.05, 3.63) is 23.0 Å². The predicted molar refractivity (Wildman–Crippen MR) is 89.8 cm³/mol. The molecule has 128 valence electrons. The van der Waals surface area contributed by atoms with Crippen LogP contribution in [-0.2, 0) is 17.8 Å². The first kappa shape index (κ1) is 16.8. The Morgan fingerprint density at radius 3 is 2.65 bits per heavy atom. The molecular formula is C16H25N3O3S. The maximum atomic E-state index is 12.7. The van der Waals surface area contributed by atoms with Crippen molar-refractivity contribution in [1.29, 1.82) is 0 Å². The average Bonchev–Trinajstić information content (AvgIpc) is 2.97. The van der Waals surface area contributed by atoms with Gasteiger partial charge in [0.2, 0.25) is 0 Å². The number of rotatable bonds is 3. The number of nitrogens with one attached hydrogen (secondary N) is 3. The largest absolute Gasteiger partial charge is 0.598 e. The number of carboxylic acid groups (broad SMARTS) is 1. The summed E-state index contributed by atoms with van der Waals surface area (Å²) in [6.45, 7) is 7.66. The second-order valence-corrected chi connectivity index (χ2v) is 9.62. The fraction of sp³-hybridized carbons (Fsp3) is 0.688. The molecular weight excluding hydrogens is 314 g/mol. The van der Waals surface area contributed by atoms with Crippen LogP contribution in [-0.4, -0.2) is 38.4 Å². The summed E-state index contributed by atoms with van der Waals surface area (Å²) in [7, 11) is 0. The van der Waals surface area contributed by atoms with Crippen LogP contribution in [0.5, 0.6) is 0 Å². The molecule has 1 spiro atoms. The monoisotopic (exact) mass is 339 g/mol. The van der Waals surface area contributed by atoms with Crippen LogP contribution < -0.4 is 10.0 Å². The summed E-state index contributed by atoms with van der Waals surface area (Å²) < 4.78 is 15.6. The Morgan fingerprint density at radius 1 is 1.43 bits per heavy atom. The van der Waals surface area contributed by atoms with E-state index < -0.39 is 17.3 Å². The topological polar surface area (TPSA) is 100 Å². The molecule has 4 N–H and O–H groups in total. The first-order chi connectivity index (χ1) is 10.7. The Morgan fingerprint density at radius 2 is 2.09 bits per heavy atom. The molecule has 1 saturated heterocycles. The van der Waals surface area contributed by atoms with Gasteiger partial charge in [0.25, 0.3) is 0 Å². The van der Waals surface area contributed by atoms with Crippen LogP contribution in [0, 0.1) is 5.41 Å². The molecule has 7 heteroatoms. The van der Waals surface area contributed by atoms with E-state index >= 15 is 0 Å². The van der Waals surface area contributed by atoms with Crippen molar-refractivity contribution in [1.82, 2.24) is 15.0 Å². The van der Waals surface area contributed by atoms with E-state index in [1.54, 1.807) is 6.20 Å². The third kappa shape index (κ3) is 2.91. The highest BCUT2D eigenvalue weighted by atomic mass is 32.2. The number of H-pyrrole nitrogens is 1. The zero-order chi connectivity index (χ0) is 16.8. The zero-order valence-corrected chi connectivity index (χ0v) is 14.7. The summed E-state index contributed by atoms with van der Waals surface area (Å²) in [4.78, 5) is 14.3. The smallest absolute Gasteiger partial charge is 0.352 e. The highest BCUT2D eigenvalue weighted by Gasteiger charge is 2.51. The maximum absolute atomic E-state index is 12.7. The fourth-order valence-corrected chi connectivity index (χ4v) is 4.70. The summed E-state index contributed by atoms with van der Waals surface area (Å²) in [6.07, 6.45) is 4.43. The Hall–Kier alpha value is -1.02. The van der Waals surface area contributed by atoms with Crippen molar-refractivity contribution in [3.63, 3.8) is 0 Å². The molecule has 0 radical (unpaired) electrons. The molecule has 0 aromatic carbocycles. The van der Waals surface area contributed by atoms with Gasteiger partial charge in [0, 0.05) is 23.0 Å². The van der Waals surface area contributed by atoms with Gasteiger partial charge in [-0.2, -0.15) is 0 Å². The lowest BCUT2D eigenvalue weighted by molar-refractivity contribution is 0.0689. The summed E-state index contributed by atoms with van der Waals surface area (Å²) in [5.74, 6) is -0.923. The molecule has 2 atom stereocenters. The second-order valence-electron chi connectivity index (χ2n) is 7.62. The predicted octanol–water partition coefficient (Wildman–Crippen LogP) is 1.73. The Balaban J connectivity index is 1.97. The van der Waals surface area contributed by atoms with Gasteiger partial charge in [-0.25, -0.2) is 4.79 Å². The number of aromatic nitrogens is 1. The number of piperidine rings is 1. The lowest BCUT2D eigenvalue weighted by atomic mass is 9.73. The lowest BCUT2D eigenvalue weighted by Gasteiger charge is -2.40. The molecule has 1 fully saturated rings. The number of carboxylic acids is 1. The van der Waals surface area contributed by atoms with Crippen molar-refractivity contribution in [2.75, 3.05) is 13.1 Å². The molecule has 3 rings (SSSR count). The molecule has 1 aliphatic heterocycles. The molecule has 0 saturated carbocycles. The number of fused-ring (bicyclic) bond motifs is 1. The molecule has 1 aromatic heterocycles. The fourth-order valence-electron chi connectivity index (χ4n) is 3.75. The van der Waals surface area contributed by atoms with E-state index in [2.05, 4.69) is 15.0 Å². The summed E-state index contributed by atoms with van der Waals surface area (Å²) in [5.41, 5.74) is 2.09. The zero-order valence-electron chi connectivity index (χ0n) is 13.9. The molecule has 6 nitrogen and oxygen atoms in total. The molecule has 2 heterocycles. The minimum Gasteiger partial charge on any atom is -0.598 e. The quantitative estimate of drug-likeness (QED) is 0.629. The SMILES string of the molecule is CC(C)(C)[S@@+]([O-])N[C@@H]1c2c[nH]c(C(=O)O)c2CC12CCNCC2. The third-order valence-corrected chi connectivity index (χ3v) is 6.63. The van der Waals surface area contributed by atoms with E-state index in [1.807, 2.05) is 20.8 Å². The van der Waals surface area contributed by atoms with Crippen molar-refractivity contribution in [2.24, 2.45) is 5.41 Å². The van der Waals surface area contributed by atoms with Crippen molar-refractivity contribution >= 4 is 17.3 Å². The van der Waals surface area contributed by atoms with E-state index in [1.165, 1.54) is 0 Å². The highest BCUT2D eigenvalue weighted by molar-refractivity contribution is 7.90.